The summed E-state index contributed by atoms with van der Waals surface area (Å²) in [5.41, 5.74) is 1.43. The molecule has 0 aliphatic carbocycles. The zero-order valence-electron chi connectivity index (χ0n) is 9.34. The normalized spacial score (nSPS) is 10.9. The summed E-state index contributed by atoms with van der Waals surface area (Å²) in [5, 5.41) is 11.1. The maximum absolute atomic E-state index is 13.1. The van der Waals surface area contributed by atoms with Gasteiger partial charge in [0.1, 0.15) is 5.82 Å². The van der Waals surface area contributed by atoms with E-state index in [9.17, 15) is 9.18 Å². The number of aliphatic carboxylic acids is 1. The van der Waals surface area contributed by atoms with Crippen molar-refractivity contribution in [1.29, 1.82) is 0 Å². The van der Waals surface area contributed by atoms with E-state index in [4.69, 9.17) is 5.11 Å². The molecule has 0 aliphatic rings. The van der Waals surface area contributed by atoms with Gasteiger partial charge in [-0.1, -0.05) is 18.2 Å². The number of thiazole rings is 1. The summed E-state index contributed by atoms with van der Waals surface area (Å²) < 4.78 is 13.1. The van der Waals surface area contributed by atoms with E-state index in [0.717, 1.165) is 16.6 Å². The first-order valence-corrected chi connectivity index (χ1v) is 6.13. The van der Waals surface area contributed by atoms with Crippen molar-refractivity contribution >= 4 is 17.3 Å². The minimum atomic E-state index is -0.975. The molecule has 0 atom stereocenters. The number of hydrogen-bond donors (Lipinski definition) is 1. The number of rotatable bonds is 4. The summed E-state index contributed by atoms with van der Waals surface area (Å²) in [6.07, 6.45) is 3.09. The van der Waals surface area contributed by atoms with Crippen molar-refractivity contribution in [3.8, 4) is 11.3 Å². The number of nitrogens with zero attached hydrogens (tertiary/aromatic N) is 1. The second kappa shape index (κ2) is 5.55. The summed E-state index contributed by atoms with van der Waals surface area (Å²) >= 11 is 1.42. The number of hydrogen-bond acceptors (Lipinski definition) is 3. The molecule has 0 amide bonds. The van der Waals surface area contributed by atoms with Crippen molar-refractivity contribution in [2.24, 2.45) is 0 Å². The lowest BCUT2D eigenvalue weighted by Gasteiger charge is -1.95. The monoisotopic (exact) mass is 263 g/mol. The fourth-order valence-electron chi connectivity index (χ4n) is 1.45. The standard InChI is InChI=1S/C13H10FNO2S/c14-10-4-1-3-9(7-10)11-8-18-12(15-11)5-2-6-13(16)17/h1-4,6-8H,5H2,(H,16,17)/b6-2+. The van der Waals surface area contributed by atoms with E-state index in [1.54, 1.807) is 12.1 Å². The molecule has 1 aromatic carbocycles. The Morgan fingerprint density at radius 2 is 2.33 bits per heavy atom. The number of benzene rings is 1. The van der Waals surface area contributed by atoms with Gasteiger partial charge in [-0.25, -0.2) is 14.2 Å². The van der Waals surface area contributed by atoms with Crippen LogP contribution < -0.4 is 0 Å². The van der Waals surface area contributed by atoms with Crippen LogP contribution in [0.25, 0.3) is 11.3 Å². The topological polar surface area (TPSA) is 50.2 Å². The third-order valence-electron chi connectivity index (χ3n) is 2.23. The zero-order valence-corrected chi connectivity index (χ0v) is 10.2. The van der Waals surface area contributed by atoms with Crippen LogP contribution in [-0.2, 0) is 11.2 Å². The molecule has 2 rings (SSSR count). The molecule has 1 heterocycles. The summed E-state index contributed by atoms with van der Waals surface area (Å²) in [5.74, 6) is -1.27. The van der Waals surface area contributed by atoms with Crippen LogP contribution in [-0.4, -0.2) is 16.1 Å². The average Bonchev–Trinajstić information content (AvgIpc) is 2.77. The molecule has 92 valence electrons. The van der Waals surface area contributed by atoms with E-state index < -0.39 is 5.97 Å². The van der Waals surface area contributed by atoms with Gasteiger partial charge in [0.2, 0.25) is 0 Å². The van der Waals surface area contributed by atoms with Crippen LogP contribution >= 0.6 is 11.3 Å². The van der Waals surface area contributed by atoms with Gasteiger partial charge in [-0.3, -0.25) is 0 Å². The van der Waals surface area contributed by atoms with E-state index in [2.05, 4.69) is 4.98 Å². The Morgan fingerprint density at radius 1 is 1.50 bits per heavy atom. The van der Waals surface area contributed by atoms with Crippen LogP contribution in [0.1, 0.15) is 5.01 Å². The predicted octanol–water partition coefficient (Wildman–Crippen LogP) is 3.13. The van der Waals surface area contributed by atoms with Gasteiger partial charge in [-0.05, 0) is 12.1 Å². The van der Waals surface area contributed by atoms with Gasteiger partial charge in [-0.2, -0.15) is 0 Å². The number of halogens is 1. The Balaban J connectivity index is 2.13. The molecular weight excluding hydrogens is 253 g/mol. The predicted molar refractivity (Wildman–Crippen MR) is 68.0 cm³/mol. The van der Waals surface area contributed by atoms with E-state index in [0.29, 0.717) is 12.1 Å². The van der Waals surface area contributed by atoms with Crippen LogP contribution in [0.5, 0.6) is 0 Å². The Bertz CT molecular complexity index is 592. The second-order valence-corrected chi connectivity index (χ2v) is 4.52. The van der Waals surface area contributed by atoms with Crippen LogP contribution in [0.3, 0.4) is 0 Å². The molecule has 1 aromatic heterocycles. The van der Waals surface area contributed by atoms with Gasteiger partial charge in [0.15, 0.2) is 0 Å². The van der Waals surface area contributed by atoms with E-state index in [-0.39, 0.29) is 5.82 Å². The quantitative estimate of drug-likeness (QED) is 0.862. The van der Waals surface area contributed by atoms with E-state index in [1.165, 1.54) is 29.5 Å². The van der Waals surface area contributed by atoms with Gasteiger partial charge < -0.3 is 5.11 Å². The molecule has 1 N–H and O–H groups in total. The number of allylic oxidation sites excluding steroid dienone is 1. The molecule has 0 bridgehead atoms. The van der Waals surface area contributed by atoms with Gasteiger partial charge in [0.05, 0.1) is 10.7 Å². The van der Waals surface area contributed by atoms with Crippen molar-refractivity contribution in [2.75, 3.05) is 0 Å². The number of carbonyl (C=O) groups is 1. The lowest BCUT2D eigenvalue weighted by atomic mass is 10.2. The highest BCUT2D eigenvalue weighted by Gasteiger charge is 2.04. The highest BCUT2D eigenvalue weighted by Crippen LogP contribution is 2.22. The van der Waals surface area contributed by atoms with Crippen molar-refractivity contribution in [3.05, 3.63) is 52.6 Å². The van der Waals surface area contributed by atoms with Crippen LogP contribution in [0.4, 0.5) is 4.39 Å². The zero-order chi connectivity index (χ0) is 13.0. The summed E-state index contributed by atoms with van der Waals surface area (Å²) in [7, 11) is 0. The van der Waals surface area contributed by atoms with Gasteiger partial charge in [0, 0.05) is 23.4 Å². The maximum Gasteiger partial charge on any atom is 0.327 e. The SMILES string of the molecule is O=C(O)/C=C/Cc1nc(-c2cccc(F)c2)cs1. The number of carboxylic acids is 1. The molecule has 2 aromatic rings. The minimum Gasteiger partial charge on any atom is -0.478 e. The third kappa shape index (κ3) is 3.24. The summed E-state index contributed by atoms with van der Waals surface area (Å²) in [6, 6.07) is 6.22. The average molecular weight is 263 g/mol. The molecule has 18 heavy (non-hydrogen) atoms. The van der Waals surface area contributed by atoms with Crippen LogP contribution in [0.2, 0.25) is 0 Å². The first kappa shape index (κ1) is 12.4. The first-order valence-electron chi connectivity index (χ1n) is 5.25. The Hall–Kier alpha value is -2.01. The molecule has 0 spiro atoms. The van der Waals surface area contributed by atoms with E-state index in [1.807, 2.05) is 5.38 Å². The third-order valence-corrected chi connectivity index (χ3v) is 3.10. The van der Waals surface area contributed by atoms with Crippen molar-refractivity contribution < 1.29 is 14.3 Å². The molecular formula is C13H10FNO2S. The lowest BCUT2D eigenvalue weighted by molar-refractivity contribution is -0.131. The molecule has 5 heteroatoms. The number of carboxylic acid groups (broad SMARTS) is 1. The first-order chi connectivity index (χ1) is 8.65. The van der Waals surface area contributed by atoms with Gasteiger partial charge in [-0.15, -0.1) is 11.3 Å². The smallest absolute Gasteiger partial charge is 0.327 e. The molecule has 0 radical (unpaired) electrons. The van der Waals surface area contributed by atoms with Gasteiger partial charge in [0.25, 0.3) is 0 Å². The Kier molecular flexibility index (Phi) is 3.84. The summed E-state index contributed by atoms with van der Waals surface area (Å²) in [6.45, 7) is 0. The molecule has 0 fully saturated rings. The minimum absolute atomic E-state index is 0.298. The lowest BCUT2D eigenvalue weighted by Crippen LogP contribution is -1.87. The van der Waals surface area contributed by atoms with Gasteiger partial charge >= 0.3 is 5.97 Å². The largest absolute Gasteiger partial charge is 0.478 e. The second-order valence-electron chi connectivity index (χ2n) is 3.58. The highest BCUT2D eigenvalue weighted by atomic mass is 32.1. The van der Waals surface area contributed by atoms with E-state index >= 15 is 0 Å². The Labute approximate surface area is 107 Å². The molecule has 0 saturated heterocycles. The molecule has 0 unspecified atom stereocenters. The summed E-state index contributed by atoms with van der Waals surface area (Å²) in [4.78, 5) is 14.6. The fourth-order valence-corrected chi connectivity index (χ4v) is 2.23. The molecule has 0 saturated carbocycles. The maximum atomic E-state index is 13.1. The molecule has 0 aliphatic heterocycles. The number of aromatic nitrogens is 1. The van der Waals surface area contributed by atoms with Crippen molar-refractivity contribution in [3.63, 3.8) is 0 Å². The van der Waals surface area contributed by atoms with Crippen LogP contribution in [0.15, 0.2) is 41.8 Å². The van der Waals surface area contributed by atoms with Crippen LogP contribution in [0, 0.1) is 5.82 Å². The van der Waals surface area contributed by atoms with Crippen molar-refractivity contribution in [1.82, 2.24) is 4.98 Å². The van der Waals surface area contributed by atoms with Crippen molar-refractivity contribution in [2.45, 2.75) is 6.42 Å². The highest BCUT2D eigenvalue weighted by molar-refractivity contribution is 7.10. The molecule has 3 nitrogen and oxygen atoms in total. The Morgan fingerprint density at radius 3 is 3.06 bits per heavy atom. The fraction of sp³-hybridized carbons (Fsp3) is 0.0769.